The van der Waals surface area contributed by atoms with E-state index in [-0.39, 0.29) is 40.9 Å². The van der Waals surface area contributed by atoms with Gasteiger partial charge in [-0.15, -0.1) is 0 Å². The smallest absolute Gasteiger partial charge is 0.768 e. The van der Waals surface area contributed by atoms with Crippen LogP contribution in [0.3, 0.4) is 0 Å². The molecule has 0 spiro atoms. The third kappa shape index (κ3) is 4.65. The minimum Gasteiger partial charge on any atom is -0.768 e. The van der Waals surface area contributed by atoms with E-state index < -0.39 is 17.0 Å². The summed E-state index contributed by atoms with van der Waals surface area (Å²) in [5.74, 6) is -0.472. The van der Waals surface area contributed by atoms with E-state index in [1.54, 1.807) is 12.1 Å². The molecule has 1 aromatic rings. The van der Waals surface area contributed by atoms with Gasteiger partial charge in [-0.1, -0.05) is 15.9 Å². The third-order valence-corrected chi connectivity index (χ3v) is 3.02. The zero-order valence-corrected chi connectivity index (χ0v) is 13.3. The second-order valence-electron chi connectivity index (χ2n) is 2.74. The molecule has 0 saturated heterocycles. The van der Waals surface area contributed by atoms with Crippen LogP contribution in [0, 0.1) is 0 Å². The first-order valence-corrected chi connectivity index (χ1v) is 5.86. The fourth-order valence-electron chi connectivity index (χ4n) is 1.08. The summed E-state index contributed by atoms with van der Waals surface area (Å²) in [6, 6.07) is 4.62. The Morgan fingerprint density at radius 2 is 2.19 bits per heavy atom. The van der Waals surface area contributed by atoms with E-state index in [2.05, 4.69) is 20.7 Å². The Labute approximate surface area is 126 Å². The molecule has 0 aliphatic carbocycles. The van der Waals surface area contributed by atoms with Crippen LogP contribution >= 0.6 is 15.9 Å². The van der Waals surface area contributed by atoms with Crippen molar-refractivity contribution in [1.29, 1.82) is 0 Å². The van der Waals surface area contributed by atoms with Crippen LogP contribution in [0.1, 0.15) is 5.56 Å². The van der Waals surface area contributed by atoms with Crippen molar-refractivity contribution in [3.63, 3.8) is 0 Å². The van der Waals surface area contributed by atoms with Gasteiger partial charge in [-0.2, -0.15) is 0 Å². The summed E-state index contributed by atoms with van der Waals surface area (Å²) >= 11 is 0.858. The van der Waals surface area contributed by atoms with Crippen LogP contribution < -0.4 is 29.6 Å². The number of rotatable bonds is 3. The largest absolute Gasteiger partial charge is 1.00 e. The summed E-state index contributed by atoms with van der Waals surface area (Å²) in [6.07, 6.45) is -0.0563. The average molecular weight is 315 g/mol. The molecule has 0 fully saturated rings. The number of hydrogen-bond acceptors (Lipinski definition) is 4. The molecule has 0 saturated carbocycles. The second kappa shape index (κ2) is 7.58. The predicted octanol–water partition coefficient (Wildman–Crippen LogP) is -1.59. The summed E-state index contributed by atoms with van der Waals surface area (Å²) in [4.78, 5) is 11.1. The van der Waals surface area contributed by atoms with Crippen LogP contribution in [0.5, 0.6) is 0 Å². The Morgan fingerprint density at radius 3 is 2.69 bits per heavy atom. The van der Waals surface area contributed by atoms with Gasteiger partial charge in [0.05, 0.1) is 13.5 Å². The van der Waals surface area contributed by atoms with Crippen molar-refractivity contribution in [2.24, 2.45) is 0 Å². The van der Waals surface area contributed by atoms with Gasteiger partial charge in [-0.05, 0) is 34.8 Å². The summed E-state index contributed by atoms with van der Waals surface area (Å²) in [6.45, 7) is 0. The standard InChI is InChI=1S/C9H9BrO4S.Na/c1-14-9(11)5-6-4-7(10)2-3-8(6)15(12)13;/h2-4H,5H2,1H3,(H,12,13);/q;+1/p-1. The SMILES string of the molecule is COC(=O)Cc1cc(Br)ccc1S(=O)[O-].[Na+]. The van der Waals surface area contributed by atoms with Crippen LogP contribution in [-0.2, 0) is 27.0 Å². The first-order chi connectivity index (χ1) is 7.04. The van der Waals surface area contributed by atoms with E-state index in [4.69, 9.17) is 0 Å². The van der Waals surface area contributed by atoms with Crippen molar-refractivity contribution in [2.45, 2.75) is 11.3 Å². The zero-order chi connectivity index (χ0) is 11.4. The van der Waals surface area contributed by atoms with E-state index in [1.165, 1.54) is 13.2 Å². The van der Waals surface area contributed by atoms with Gasteiger partial charge < -0.3 is 9.29 Å². The second-order valence-corrected chi connectivity index (χ2v) is 4.56. The van der Waals surface area contributed by atoms with Gasteiger partial charge in [0.2, 0.25) is 0 Å². The molecule has 1 atom stereocenters. The minimum absolute atomic E-state index is 0. The van der Waals surface area contributed by atoms with Crippen LogP contribution in [0.2, 0.25) is 0 Å². The summed E-state index contributed by atoms with van der Waals surface area (Å²) in [5.41, 5.74) is 0.421. The molecular weight excluding hydrogens is 307 g/mol. The van der Waals surface area contributed by atoms with Crippen molar-refractivity contribution in [2.75, 3.05) is 7.11 Å². The Morgan fingerprint density at radius 1 is 1.56 bits per heavy atom. The molecule has 0 amide bonds. The maximum absolute atomic E-state index is 11.0. The normalized spacial score (nSPS) is 11.4. The number of carbonyl (C=O) groups is 1. The Hall–Kier alpha value is 0.280. The van der Waals surface area contributed by atoms with Gasteiger partial charge in [-0.25, -0.2) is 0 Å². The molecule has 1 rings (SSSR count). The molecule has 0 heterocycles. The molecule has 7 heteroatoms. The number of esters is 1. The zero-order valence-electron chi connectivity index (χ0n) is 8.86. The van der Waals surface area contributed by atoms with E-state index >= 15 is 0 Å². The molecule has 0 bridgehead atoms. The van der Waals surface area contributed by atoms with Gasteiger partial charge in [0.1, 0.15) is 0 Å². The van der Waals surface area contributed by atoms with Gasteiger partial charge in [-0.3, -0.25) is 9.00 Å². The van der Waals surface area contributed by atoms with E-state index in [0.29, 0.717) is 5.56 Å². The maximum atomic E-state index is 11.0. The monoisotopic (exact) mass is 314 g/mol. The first-order valence-electron chi connectivity index (χ1n) is 3.99. The van der Waals surface area contributed by atoms with Crippen molar-refractivity contribution in [3.8, 4) is 0 Å². The van der Waals surface area contributed by atoms with Crippen LogP contribution in [0.4, 0.5) is 0 Å². The van der Waals surface area contributed by atoms with Crippen LogP contribution in [0.25, 0.3) is 0 Å². The fourth-order valence-corrected chi connectivity index (χ4v) is 2.01. The molecule has 82 valence electrons. The van der Waals surface area contributed by atoms with E-state index in [0.717, 1.165) is 4.47 Å². The number of ether oxygens (including phenoxy) is 1. The third-order valence-electron chi connectivity index (χ3n) is 1.76. The molecule has 0 aliphatic rings. The van der Waals surface area contributed by atoms with Crippen molar-refractivity contribution >= 4 is 33.0 Å². The van der Waals surface area contributed by atoms with E-state index in [9.17, 15) is 13.6 Å². The van der Waals surface area contributed by atoms with Gasteiger partial charge in [0.15, 0.2) is 0 Å². The predicted molar refractivity (Wildman–Crippen MR) is 57.0 cm³/mol. The Balaban J connectivity index is 0.00000225. The molecule has 0 radical (unpaired) electrons. The molecule has 0 aromatic heterocycles. The van der Waals surface area contributed by atoms with Crippen LogP contribution in [-0.4, -0.2) is 21.8 Å². The first kappa shape index (κ1) is 16.3. The van der Waals surface area contributed by atoms with E-state index in [1.807, 2.05) is 0 Å². The van der Waals surface area contributed by atoms with Gasteiger partial charge in [0, 0.05) is 9.37 Å². The molecule has 1 unspecified atom stereocenters. The Bertz CT molecular complexity index is 410. The number of carbonyl (C=O) groups excluding carboxylic acids is 1. The number of halogens is 1. The average Bonchev–Trinajstić information content (AvgIpc) is 2.17. The Kier molecular flexibility index (Phi) is 7.71. The van der Waals surface area contributed by atoms with Crippen LogP contribution in [0.15, 0.2) is 27.6 Å². The van der Waals surface area contributed by atoms with Crippen molar-refractivity contribution in [3.05, 3.63) is 28.2 Å². The summed E-state index contributed by atoms with van der Waals surface area (Å²) < 4.78 is 26.9. The number of hydrogen-bond donors (Lipinski definition) is 0. The molecule has 0 aliphatic heterocycles. The number of benzene rings is 1. The maximum Gasteiger partial charge on any atom is 1.00 e. The summed E-state index contributed by atoms with van der Waals surface area (Å²) in [7, 11) is 1.26. The molecule has 1 aromatic carbocycles. The van der Waals surface area contributed by atoms with Gasteiger partial charge >= 0.3 is 35.5 Å². The summed E-state index contributed by atoms with van der Waals surface area (Å²) in [5, 5.41) is 0. The molecule has 0 N–H and O–H groups in total. The molecule has 16 heavy (non-hydrogen) atoms. The number of methoxy groups -OCH3 is 1. The van der Waals surface area contributed by atoms with Crippen molar-refractivity contribution < 1.29 is 47.9 Å². The topological polar surface area (TPSA) is 66.4 Å². The van der Waals surface area contributed by atoms with Crippen molar-refractivity contribution in [1.82, 2.24) is 0 Å². The fraction of sp³-hybridized carbons (Fsp3) is 0.222. The minimum atomic E-state index is -2.35. The van der Waals surface area contributed by atoms with Gasteiger partial charge in [0.25, 0.3) is 0 Å². The molecular formula is C9H8BrNaO4S. The quantitative estimate of drug-likeness (QED) is 0.383. The molecule has 4 nitrogen and oxygen atoms in total.